The van der Waals surface area contributed by atoms with Gasteiger partial charge in [0, 0.05) is 9.61 Å². The minimum Gasteiger partial charge on any atom is -0.324 e. The predicted molar refractivity (Wildman–Crippen MR) is 76.1 cm³/mol. The normalized spacial score (nSPS) is 12.4. The third kappa shape index (κ3) is 3.26. The number of hydrogen-bond donors (Lipinski definition) is 1. The lowest BCUT2D eigenvalue weighted by Crippen LogP contribution is -2.14. The van der Waals surface area contributed by atoms with Crippen molar-refractivity contribution in [3.05, 3.63) is 68.8 Å². The fourth-order valence-corrected chi connectivity index (χ4v) is 2.12. The average molecular weight is 359 g/mol. The molecule has 0 aliphatic carbocycles. The molecule has 0 aliphatic rings. The number of nitrogens with two attached hydrogens (primary N) is 1. The third-order valence-electron chi connectivity index (χ3n) is 2.75. The van der Waals surface area contributed by atoms with Crippen molar-refractivity contribution in [2.45, 2.75) is 12.5 Å². The highest BCUT2D eigenvalue weighted by Crippen LogP contribution is 2.19. The van der Waals surface area contributed by atoms with Gasteiger partial charge in [0.25, 0.3) is 0 Å². The minimum absolute atomic E-state index is 0.282. The van der Waals surface area contributed by atoms with Crippen LogP contribution in [0.1, 0.15) is 17.2 Å². The van der Waals surface area contributed by atoms with Crippen molar-refractivity contribution in [3.63, 3.8) is 0 Å². The standard InChI is InChI=1S/C14H12F2IN/c15-11-3-6-13(16)10(7-11)8-14(18)9-1-4-12(17)5-2-9/h1-7,14H,8,18H2. The zero-order valence-electron chi connectivity index (χ0n) is 9.54. The van der Waals surface area contributed by atoms with Crippen molar-refractivity contribution in [1.29, 1.82) is 0 Å². The van der Waals surface area contributed by atoms with E-state index in [1.54, 1.807) is 0 Å². The van der Waals surface area contributed by atoms with Gasteiger partial charge in [-0.15, -0.1) is 0 Å². The largest absolute Gasteiger partial charge is 0.324 e. The maximum Gasteiger partial charge on any atom is 0.126 e. The molecular weight excluding hydrogens is 347 g/mol. The first-order chi connectivity index (χ1) is 8.56. The molecule has 0 spiro atoms. The third-order valence-corrected chi connectivity index (χ3v) is 3.46. The van der Waals surface area contributed by atoms with Crippen LogP contribution in [-0.2, 0) is 6.42 Å². The summed E-state index contributed by atoms with van der Waals surface area (Å²) in [4.78, 5) is 0. The van der Waals surface area contributed by atoms with E-state index >= 15 is 0 Å². The molecule has 4 heteroatoms. The summed E-state index contributed by atoms with van der Waals surface area (Å²) < 4.78 is 27.6. The van der Waals surface area contributed by atoms with E-state index in [2.05, 4.69) is 22.6 Å². The average Bonchev–Trinajstić information content (AvgIpc) is 2.34. The zero-order valence-corrected chi connectivity index (χ0v) is 11.7. The molecule has 2 N–H and O–H groups in total. The summed E-state index contributed by atoms with van der Waals surface area (Å²) in [7, 11) is 0. The molecule has 0 aliphatic heterocycles. The summed E-state index contributed by atoms with van der Waals surface area (Å²) >= 11 is 2.20. The second-order valence-electron chi connectivity index (χ2n) is 4.10. The van der Waals surface area contributed by atoms with Crippen LogP contribution in [0.4, 0.5) is 8.78 Å². The van der Waals surface area contributed by atoms with Gasteiger partial charge in [-0.05, 0) is 70.5 Å². The molecule has 2 rings (SSSR count). The minimum atomic E-state index is -0.443. The van der Waals surface area contributed by atoms with Crippen LogP contribution in [0.3, 0.4) is 0 Å². The maximum atomic E-state index is 13.5. The van der Waals surface area contributed by atoms with Gasteiger partial charge in [0.1, 0.15) is 11.6 Å². The Hall–Kier alpha value is -1.01. The Balaban J connectivity index is 2.18. The second kappa shape index (κ2) is 5.75. The van der Waals surface area contributed by atoms with E-state index in [0.717, 1.165) is 21.3 Å². The van der Waals surface area contributed by atoms with E-state index in [1.807, 2.05) is 24.3 Å². The Morgan fingerprint density at radius 1 is 1.06 bits per heavy atom. The molecule has 0 aromatic heterocycles. The Labute approximate surface area is 118 Å². The number of halogens is 3. The van der Waals surface area contributed by atoms with Crippen LogP contribution in [0, 0.1) is 15.2 Å². The summed E-state index contributed by atoms with van der Waals surface area (Å²) in [6, 6.07) is 10.8. The van der Waals surface area contributed by atoms with E-state index in [-0.39, 0.29) is 12.5 Å². The van der Waals surface area contributed by atoms with Crippen molar-refractivity contribution in [1.82, 2.24) is 0 Å². The number of rotatable bonds is 3. The monoisotopic (exact) mass is 359 g/mol. The highest BCUT2D eigenvalue weighted by atomic mass is 127. The van der Waals surface area contributed by atoms with Crippen LogP contribution < -0.4 is 5.73 Å². The molecule has 2 aromatic carbocycles. The van der Waals surface area contributed by atoms with Gasteiger partial charge in [0.2, 0.25) is 0 Å². The van der Waals surface area contributed by atoms with Crippen LogP contribution in [0.5, 0.6) is 0 Å². The van der Waals surface area contributed by atoms with Gasteiger partial charge >= 0.3 is 0 Å². The van der Waals surface area contributed by atoms with Gasteiger partial charge in [-0.25, -0.2) is 8.78 Å². The van der Waals surface area contributed by atoms with Crippen LogP contribution >= 0.6 is 22.6 Å². The first-order valence-corrected chi connectivity index (χ1v) is 6.59. The summed E-state index contributed by atoms with van der Waals surface area (Å²) in [6.07, 6.45) is 0.282. The topological polar surface area (TPSA) is 26.0 Å². The number of benzene rings is 2. The molecule has 0 saturated carbocycles. The van der Waals surface area contributed by atoms with Crippen LogP contribution in [0.2, 0.25) is 0 Å². The Bertz CT molecular complexity index is 540. The fraction of sp³-hybridized carbons (Fsp3) is 0.143. The van der Waals surface area contributed by atoms with E-state index in [9.17, 15) is 8.78 Å². The lowest BCUT2D eigenvalue weighted by Gasteiger charge is -2.13. The summed E-state index contributed by atoms with van der Waals surface area (Å²) in [6.45, 7) is 0. The molecule has 0 heterocycles. The highest BCUT2D eigenvalue weighted by molar-refractivity contribution is 14.1. The van der Waals surface area contributed by atoms with Gasteiger partial charge in [0.05, 0.1) is 0 Å². The summed E-state index contributed by atoms with van der Waals surface area (Å²) in [5.41, 5.74) is 7.23. The van der Waals surface area contributed by atoms with E-state index in [0.29, 0.717) is 5.56 Å². The molecule has 0 radical (unpaired) electrons. The van der Waals surface area contributed by atoms with Gasteiger partial charge in [-0.1, -0.05) is 12.1 Å². The Kier molecular flexibility index (Phi) is 4.29. The molecule has 1 atom stereocenters. The molecule has 94 valence electrons. The Morgan fingerprint density at radius 3 is 2.39 bits per heavy atom. The van der Waals surface area contributed by atoms with E-state index in [1.165, 1.54) is 6.07 Å². The molecular formula is C14H12F2IN. The summed E-state index contributed by atoms with van der Waals surface area (Å²) in [5.74, 6) is -0.862. The van der Waals surface area contributed by atoms with Crippen molar-refractivity contribution < 1.29 is 8.78 Å². The van der Waals surface area contributed by atoms with E-state index in [4.69, 9.17) is 5.73 Å². The van der Waals surface area contributed by atoms with Crippen LogP contribution in [0.25, 0.3) is 0 Å². The maximum absolute atomic E-state index is 13.5. The zero-order chi connectivity index (χ0) is 13.1. The molecule has 1 unspecified atom stereocenters. The lowest BCUT2D eigenvalue weighted by molar-refractivity contribution is 0.572. The smallest absolute Gasteiger partial charge is 0.126 e. The lowest BCUT2D eigenvalue weighted by atomic mass is 9.99. The molecule has 0 amide bonds. The quantitative estimate of drug-likeness (QED) is 0.829. The number of hydrogen-bond acceptors (Lipinski definition) is 1. The molecule has 1 nitrogen and oxygen atoms in total. The first kappa shape index (κ1) is 13.4. The first-order valence-electron chi connectivity index (χ1n) is 5.51. The summed E-state index contributed by atoms with van der Waals surface area (Å²) in [5, 5.41) is 0. The fourth-order valence-electron chi connectivity index (χ4n) is 1.76. The predicted octanol–water partition coefficient (Wildman–Crippen LogP) is 3.81. The molecule has 0 saturated heterocycles. The van der Waals surface area contributed by atoms with Gasteiger partial charge in [-0.3, -0.25) is 0 Å². The SMILES string of the molecule is NC(Cc1cc(F)ccc1F)c1ccc(I)cc1. The second-order valence-corrected chi connectivity index (χ2v) is 5.34. The Morgan fingerprint density at radius 2 is 1.72 bits per heavy atom. The van der Waals surface area contributed by atoms with E-state index < -0.39 is 11.6 Å². The van der Waals surface area contributed by atoms with Crippen molar-refractivity contribution in [2.24, 2.45) is 5.73 Å². The van der Waals surface area contributed by atoms with Crippen LogP contribution in [-0.4, -0.2) is 0 Å². The molecule has 0 bridgehead atoms. The van der Waals surface area contributed by atoms with Crippen LogP contribution in [0.15, 0.2) is 42.5 Å². The van der Waals surface area contributed by atoms with Crippen molar-refractivity contribution in [2.75, 3.05) is 0 Å². The molecule has 0 fully saturated rings. The molecule has 18 heavy (non-hydrogen) atoms. The van der Waals surface area contributed by atoms with Crippen molar-refractivity contribution >= 4 is 22.6 Å². The van der Waals surface area contributed by atoms with Gasteiger partial charge < -0.3 is 5.73 Å². The molecule has 2 aromatic rings. The highest BCUT2D eigenvalue weighted by Gasteiger charge is 2.11. The van der Waals surface area contributed by atoms with Gasteiger partial charge in [-0.2, -0.15) is 0 Å². The van der Waals surface area contributed by atoms with Crippen molar-refractivity contribution in [3.8, 4) is 0 Å². The van der Waals surface area contributed by atoms with Gasteiger partial charge in [0.15, 0.2) is 0 Å².